The van der Waals surface area contributed by atoms with Gasteiger partial charge >= 0.3 is 0 Å². The number of rotatable bonds is 5. The summed E-state index contributed by atoms with van der Waals surface area (Å²) in [4.78, 5) is 9.60. The van der Waals surface area contributed by atoms with Crippen LogP contribution >= 0.6 is 24.0 Å². The third kappa shape index (κ3) is 5.60. The minimum atomic E-state index is 0. The van der Waals surface area contributed by atoms with Crippen LogP contribution in [0.5, 0.6) is 0 Å². The second kappa shape index (κ2) is 10.5. The molecule has 0 bridgehead atoms. The molecular weight excluding hydrogens is 441 g/mol. The van der Waals surface area contributed by atoms with E-state index in [0.717, 1.165) is 24.6 Å². The highest BCUT2D eigenvalue weighted by molar-refractivity contribution is 14.0. The van der Waals surface area contributed by atoms with E-state index in [1.807, 2.05) is 13.1 Å². The summed E-state index contributed by atoms with van der Waals surface area (Å²) < 4.78 is 5.13. The fourth-order valence-corrected chi connectivity index (χ4v) is 4.06. The van der Waals surface area contributed by atoms with Crippen LogP contribution in [0.1, 0.15) is 37.7 Å². The fourth-order valence-electron chi connectivity index (χ4n) is 4.06. The van der Waals surface area contributed by atoms with Crippen LogP contribution in [0.4, 0.5) is 0 Å². The standard InChI is InChI=1S/C19H33N5O.HI/c1-20-18(21-14-17-6-13-25-15-17)22-16-19(7-11-23(2)12-8-19)24-9-4-3-5-10-24;/h6,13,15H,3-5,7-12,14,16H2,1-2H3,(H2,20,21,22);1H. The van der Waals surface area contributed by atoms with Crippen molar-refractivity contribution in [1.29, 1.82) is 0 Å². The number of nitrogens with zero attached hydrogens (tertiary/aromatic N) is 3. The van der Waals surface area contributed by atoms with Gasteiger partial charge in [-0.1, -0.05) is 6.42 Å². The number of nitrogens with one attached hydrogen (secondary N) is 2. The van der Waals surface area contributed by atoms with Gasteiger partial charge in [0.2, 0.25) is 0 Å². The summed E-state index contributed by atoms with van der Waals surface area (Å²) in [6, 6.07) is 1.98. The highest BCUT2D eigenvalue weighted by atomic mass is 127. The van der Waals surface area contributed by atoms with Gasteiger partial charge in [0, 0.05) is 31.2 Å². The Hall–Kier alpha value is -0.800. The third-order valence-electron chi connectivity index (χ3n) is 5.79. The summed E-state index contributed by atoms with van der Waals surface area (Å²) in [5.74, 6) is 0.872. The second-order valence-electron chi connectivity index (χ2n) is 7.49. The minimum Gasteiger partial charge on any atom is -0.472 e. The molecular formula is C19H34IN5O. The molecule has 148 valence electrons. The Morgan fingerprint density at radius 2 is 1.88 bits per heavy atom. The lowest BCUT2D eigenvalue weighted by Crippen LogP contribution is -2.62. The van der Waals surface area contributed by atoms with Gasteiger partial charge in [-0.15, -0.1) is 24.0 Å². The molecule has 3 heterocycles. The first-order chi connectivity index (χ1) is 12.2. The molecule has 3 rings (SSSR count). The van der Waals surface area contributed by atoms with Crippen LogP contribution < -0.4 is 10.6 Å². The largest absolute Gasteiger partial charge is 0.472 e. The lowest BCUT2D eigenvalue weighted by atomic mass is 9.84. The SMILES string of the molecule is CN=C(NCc1ccoc1)NCC1(N2CCCCC2)CCN(C)CC1.I. The van der Waals surface area contributed by atoms with Gasteiger partial charge in [0.15, 0.2) is 5.96 Å². The Labute approximate surface area is 174 Å². The van der Waals surface area contributed by atoms with Crippen molar-refractivity contribution >= 4 is 29.9 Å². The molecule has 2 aliphatic heterocycles. The van der Waals surface area contributed by atoms with Gasteiger partial charge in [0.25, 0.3) is 0 Å². The maximum Gasteiger partial charge on any atom is 0.191 e. The zero-order chi connectivity index (χ0) is 17.5. The quantitative estimate of drug-likeness (QED) is 0.390. The van der Waals surface area contributed by atoms with Gasteiger partial charge in [0.1, 0.15) is 0 Å². The highest BCUT2D eigenvalue weighted by Gasteiger charge is 2.39. The smallest absolute Gasteiger partial charge is 0.191 e. The van der Waals surface area contributed by atoms with Crippen LogP contribution in [0, 0.1) is 0 Å². The number of furan rings is 1. The highest BCUT2D eigenvalue weighted by Crippen LogP contribution is 2.30. The lowest BCUT2D eigenvalue weighted by molar-refractivity contribution is 0.0173. The topological polar surface area (TPSA) is 56.0 Å². The summed E-state index contributed by atoms with van der Waals surface area (Å²) in [6.45, 7) is 6.54. The van der Waals surface area contributed by atoms with Gasteiger partial charge < -0.3 is 20.0 Å². The molecule has 0 unspecified atom stereocenters. The van der Waals surface area contributed by atoms with E-state index in [2.05, 4.69) is 32.5 Å². The number of halogens is 1. The van der Waals surface area contributed by atoms with E-state index in [4.69, 9.17) is 4.42 Å². The Bertz CT molecular complexity index is 534. The monoisotopic (exact) mass is 475 g/mol. The molecule has 0 spiro atoms. The van der Waals surface area contributed by atoms with E-state index in [-0.39, 0.29) is 29.5 Å². The van der Waals surface area contributed by atoms with Crippen molar-refractivity contribution in [2.75, 3.05) is 46.8 Å². The van der Waals surface area contributed by atoms with E-state index in [1.165, 1.54) is 58.3 Å². The van der Waals surface area contributed by atoms with Gasteiger partial charge in [-0.2, -0.15) is 0 Å². The average Bonchev–Trinajstić information content (AvgIpc) is 3.18. The molecule has 26 heavy (non-hydrogen) atoms. The Morgan fingerprint density at radius 1 is 1.15 bits per heavy atom. The molecule has 0 atom stereocenters. The molecule has 0 aromatic carbocycles. The molecule has 2 fully saturated rings. The summed E-state index contributed by atoms with van der Waals surface area (Å²) in [5.41, 5.74) is 1.40. The van der Waals surface area contributed by atoms with E-state index >= 15 is 0 Å². The molecule has 1 aromatic heterocycles. The minimum absolute atomic E-state index is 0. The molecule has 6 nitrogen and oxygen atoms in total. The molecule has 0 aliphatic carbocycles. The molecule has 0 radical (unpaired) electrons. The van der Waals surface area contributed by atoms with E-state index in [9.17, 15) is 0 Å². The van der Waals surface area contributed by atoms with Crippen LogP contribution in [0.25, 0.3) is 0 Å². The zero-order valence-electron chi connectivity index (χ0n) is 16.2. The molecule has 2 saturated heterocycles. The number of piperidine rings is 2. The first-order valence-corrected chi connectivity index (χ1v) is 9.61. The molecule has 7 heteroatoms. The summed E-state index contributed by atoms with van der Waals surface area (Å²) >= 11 is 0. The molecule has 2 N–H and O–H groups in total. The molecule has 2 aliphatic rings. The molecule has 0 amide bonds. The lowest BCUT2D eigenvalue weighted by Gasteiger charge is -2.50. The van der Waals surface area contributed by atoms with Crippen molar-refractivity contribution in [3.63, 3.8) is 0 Å². The van der Waals surface area contributed by atoms with Gasteiger partial charge in [-0.05, 0) is 65.0 Å². The van der Waals surface area contributed by atoms with Gasteiger partial charge in [-0.25, -0.2) is 0 Å². The van der Waals surface area contributed by atoms with Gasteiger partial charge in [-0.3, -0.25) is 9.89 Å². The first kappa shape index (κ1) is 21.5. The van der Waals surface area contributed by atoms with Crippen molar-refractivity contribution in [3.05, 3.63) is 24.2 Å². The number of aliphatic imine (C=N–C) groups is 1. The summed E-state index contributed by atoms with van der Waals surface area (Å²) in [7, 11) is 4.08. The second-order valence-corrected chi connectivity index (χ2v) is 7.49. The van der Waals surface area contributed by atoms with Crippen LogP contribution in [0.15, 0.2) is 28.0 Å². The van der Waals surface area contributed by atoms with Crippen molar-refractivity contribution in [1.82, 2.24) is 20.4 Å². The predicted molar refractivity (Wildman–Crippen MR) is 117 cm³/mol. The maximum atomic E-state index is 5.13. The molecule has 1 aromatic rings. The number of guanidine groups is 1. The third-order valence-corrected chi connectivity index (χ3v) is 5.79. The number of likely N-dealkylation sites (tertiary alicyclic amines) is 2. The zero-order valence-corrected chi connectivity index (χ0v) is 18.5. The van der Waals surface area contributed by atoms with Crippen molar-refractivity contribution < 1.29 is 4.42 Å². The Balaban J connectivity index is 0.00000243. The van der Waals surface area contributed by atoms with Gasteiger partial charge in [0.05, 0.1) is 12.5 Å². The fraction of sp³-hybridized carbons (Fsp3) is 0.737. The van der Waals surface area contributed by atoms with Crippen LogP contribution in [-0.2, 0) is 6.54 Å². The normalized spacial score (nSPS) is 21.8. The average molecular weight is 475 g/mol. The van der Waals surface area contributed by atoms with Crippen LogP contribution in [0.3, 0.4) is 0 Å². The van der Waals surface area contributed by atoms with Crippen molar-refractivity contribution in [2.45, 2.75) is 44.2 Å². The van der Waals surface area contributed by atoms with E-state index < -0.39 is 0 Å². The first-order valence-electron chi connectivity index (χ1n) is 9.61. The maximum absolute atomic E-state index is 5.13. The summed E-state index contributed by atoms with van der Waals surface area (Å²) in [6.07, 6.45) is 10.00. The van der Waals surface area contributed by atoms with Crippen molar-refractivity contribution in [3.8, 4) is 0 Å². The van der Waals surface area contributed by atoms with E-state index in [0.29, 0.717) is 0 Å². The van der Waals surface area contributed by atoms with Crippen LogP contribution in [0.2, 0.25) is 0 Å². The number of hydrogen-bond acceptors (Lipinski definition) is 4. The predicted octanol–water partition coefficient (Wildman–Crippen LogP) is 2.51. The number of hydrogen-bond donors (Lipinski definition) is 2. The Kier molecular flexibility index (Phi) is 8.69. The molecule has 0 saturated carbocycles. The van der Waals surface area contributed by atoms with E-state index in [1.54, 1.807) is 12.5 Å². The van der Waals surface area contributed by atoms with Crippen LogP contribution in [-0.4, -0.2) is 68.1 Å². The summed E-state index contributed by atoms with van der Waals surface area (Å²) in [5, 5.41) is 6.99. The van der Waals surface area contributed by atoms with Crippen molar-refractivity contribution in [2.24, 2.45) is 4.99 Å². The Morgan fingerprint density at radius 3 is 2.50 bits per heavy atom.